The van der Waals surface area contributed by atoms with Crippen LogP contribution in [0.4, 0.5) is 27.6 Å². The van der Waals surface area contributed by atoms with Crippen LogP contribution in [0, 0.1) is 29.1 Å². The summed E-state index contributed by atoms with van der Waals surface area (Å²) in [4.78, 5) is 1.26. The van der Waals surface area contributed by atoms with Crippen molar-refractivity contribution < 1.29 is 22.0 Å². The lowest BCUT2D eigenvalue weighted by molar-refractivity contribution is 0.377. The van der Waals surface area contributed by atoms with Crippen LogP contribution < -0.4 is 10.2 Å². The third kappa shape index (κ3) is 2.04. The Bertz CT molecular complexity index is 519. The molecule has 0 amide bonds. The Morgan fingerprint density at radius 3 is 1.95 bits per heavy atom. The predicted octanol–water partition coefficient (Wildman–Crippen LogP) is 2.71. The summed E-state index contributed by atoms with van der Waals surface area (Å²) in [5.41, 5.74) is -0.809. The standard InChI is InChI=1S/C13H13F5N2/c14-8-9(15)11(17)13(12(18)10(8)16)20-4-3-6-1-2-7(5-20)19-6/h6-7,19H,1-5H2. The molecule has 2 saturated heterocycles. The molecular formula is C13H13F5N2. The fraction of sp³-hybridized carbons (Fsp3) is 0.538. The van der Waals surface area contributed by atoms with Gasteiger partial charge in [-0.1, -0.05) is 0 Å². The van der Waals surface area contributed by atoms with Crippen molar-refractivity contribution in [2.75, 3.05) is 18.0 Å². The molecule has 1 aromatic rings. The molecule has 2 heterocycles. The molecule has 2 bridgehead atoms. The van der Waals surface area contributed by atoms with Crippen LogP contribution in [0.2, 0.25) is 0 Å². The fourth-order valence-corrected chi connectivity index (χ4v) is 3.02. The summed E-state index contributed by atoms with van der Waals surface area (Å²) in [5.74, 6) is -9.39. The van der Waals surface area contributed by atoms with Gasteiger partial charge in [-0.2, -0.15) is 0 Å². The van der Waals surface area contributed by atoms with E-state index in [4.69, 9.17) is 0 Å². The Hall–Kier alpha value is -1.37. The zero-order chi connectivity index (χ0) is 14.4. The van der Waals surface area contributed by atoms with E-state index in [0.717, 1.165) is 12.8 Å². The second-order valence-electron chi connectivity index (χ2n) is 5.29. The lowest BCUT2D eigenvalue weighted by atomic mass is 10.1. The molecule has 20 heavy (non-hydrogen) atoms. The zero-order valence-electron chi connectivity index (χ0n) is 10.5. The Balaban J connectivity index is 2.01. The molecule has 110 valence electrons. The lowest BCUT2D eigenvalue weighted by Gasteiger charge is -2.27. The maximum Gasteiger partial charge on any atom is 0.200 e. The van der Waals surface area contributed by atoms with Crippen LogP contribution in [0.5, 0.6) is 0 Å². The molecule has 0 aliphatic carbocycles. The average Bonchev–Trinajstić information content (AvgIpc) is 2.76. The molecule has 2 atom stereocenters. The van der Waals surface area contributed by atoms with Gasteiger partial charge in [0.1, 0.15) is 5.69 Å². The van der Waals surface area contributed by atoms with Gasteiger partial charge in [0.25, 0.3) is 0 Å². The van der Waals surface area contributed by atoms with E-state index in [2.05, 4.69) is 5.32 Å². The van der Waals surface area contributed by atoms with Crippen LogP contribution in [-0.2, 0) is 0 Å². The Morgan fingerprint density at radius 2 is 1.30 bits per heavy atom. The number of benzene rings is 1. The van der Waals surface area contributed by atoms with Crippen LogP contribution in [0.15, 0.2) is 0 Å². The zero-order valence-corrected chi connectivity index (χ0v) is 10.5. The molecule has 0 saturated carbocycles. The van der Waals surface area contributed by atoms with Gasteiger partial charge in [0.05, 0.1) is 0 Å². The van der Waals surface area contributed by atoms with E-state index in [0.29, 0.717) is 6.42 Å². The highest BCUT2D eigenvalue weighted by atomic mass is 19.2. The quantitative estimate of drug-likeness (QED) is 0.486. The highest BCUT2D eigenvalue weighted by Gasteiger charge is 2.34. The maximum absolute atomic E-state index is 13.8. The minimum Gasteiger partial charge on any atom is -0.365 e. The summed E-state index contributed by atoms with van der Waals surface area (Å²) in [6.45, 7) is 0.515. The summed E-state index contributed by atoms with van der Waals surface area (Å²) >= 11 is 0. The third-order valence-corrected chi connectivity index (χ3v) is 4.03. The first-order valence-corrected chi connectivity index (χ1v) is 6.51. The van der Waals surface area contributed by atoms with Crippen LogP contribution in [0.3, 0.4) is 0 Å². The molecule has 1 aromatic carbocycles. The van der Waals surface area contributed by atoms with Gasteiger partial charge in [0.2, 0.25) is 5.82 Å². The van der Waals surface area contributed by atoms with Crippen molar-refractivity contribution in [1.29, 1.82) is 0 Å². The number of halogens is 5. The van der Waals surface area contributed by atoms with Crippen LogP contribution in [0.1, 0.15) is 19.3 Å². The van der Waals surface area contributed by atoms with Crippen molar-refractivity contribution in [2.45, 2.75) is 31.3 Å². The van der Waals surface area contributed by atoms with Gasteiger partial charge >= 0.3 is 0 Å². The van der Waals surface area contributed by atoms with Gasteiger partial charge in [-0.15, -0.1) is 0 Å². The number of hydrogen-bond acceptors (Lipinski definition) is 2. The van der Waals surface area contributed by atoms with Gasteiger partial charge in [-0.3, -0.25) is 0 Å². The number of fused-ring (bicyclic) bond motifs is 2. The minimum atomic E-state index is -2.11. The molecule has 2 aliphatic heterocycles. The predicted molar refractivity (Wildman–Crippen MR) is 63.0 cm³/mol. The number of nitrogens with zero attached hydrogens (tertiary/aromatic N) is 1. The minimum absolute atomic E-state index is 0.0254. The van der Waals surface area contributed by atoms with Crippen LogP contribution in [0.25, 0.3) is 0 Å². The summed E-state index contributed by atoms with van der Waals surface area (Å²) in [5, 5.41) is 3.28. The largest absolute Gasteiger partial charge is 0.365 e. The molecule has 3 rings (SSSR count). The molecule has 0 aromatic heterocycles. The molecule has 0 spiro atoms. The van der Waals surface area contributed by atoms with E-state index in [1.165, 1.54) is 4.90 Å². The van der Waals surface area contributed by atoms with Crippen molar-refractivity contribution in [2.24, 2.45) is 0 Å². The van der Waals surface area contributed by atoms with Gasteiger partial charge in [0, 0.05) is 25.2 Å². The molecule has 2 aliphatic rings. The number of anilines is 1. The van der Waals surface area contributed by atoms with E-state index in [9.17, 15) is 22.0 Å². The van der Waals surface area contributed by atoms with Crippen LogP contribution >= 0.6 is 0 Å². The summed E-state index contributed by atoms with van der Waals surface area (Å²) in [6, 6.07) is 0.281. The molecule has 1 N–H and O–H groups in total. The van der Waals surface area contributed by atoms with Crippen LogP contribution in [-0.4, -0.2) is 25.2 Å². The first-order valence-electron chi connectivity index (χ1n) is 6.51. The molecule has 0 radical (unpaired) electrons. The third-order valence-electron chi connectivity index (χ3n) is 4.03. The van der Waals surface area contributed by atoms with Gasteiger partial charge in [-0.25, -0.2) is 22.0 Å². The molecule has 2 unspecified atom stereocenters. The highest BCUT2D eigenvalue weighted by Crippen LogP contribution is 2.32. The van der Waals surface area contributed by atoms with Crippen molar-refractivity contribution >= 4 is 5.69 Å². The lowest BCUT2D eigenvalue weighted by Crippen LogP contribution is -2.36. The SMILES string of the molecule is Fc1c(F)c(F)c(N2CCC3CCC(C2)N3)c(F)c1F. The smallest absolute Gasteiger partial charge is 0.200 e. The van der Waals surface area contributed by atoms with Crippen molar-refractivity contribution in [3.05, 3.63) is 29.1 Å². The van der Waals surface area contributed by atoms with Crippen molar-refractivity contribution in [1.82, 2.24) is 5.32 Å². The Morgan fingerprint density at radius 1 is 0.750 bits per heavy atom. The first-order chi connectivity index (χ1) is 9.49. The molecule has 2 fully saturated rings. The van der Waals surface area contributed by atoms with E-state index in [-0.39, 0.29) is 25.2 Å². The van der Waals surface area contributed by atoms with Crippen molar-refractivity contribution in [3.63, 3.8) is 0 Å². The van der Waals surface area contributed by atoms with E-state index >= 15 is 0 Å². The second kappa shape index (κ2) is 4.87. The number of rotatable bonds is 1. The monoisotopic (exact) mass is 292 g/mol. The highest BCUT2D eigenvalue weighted by molar-refractivity contribution is 5.51. The topological polar surface area (TPSA) is 15.3 Å². The normalized spacial score (nSPS) is 25.9. The molecule has 7 heteroatoms. The molecular weight excluding hydrogens is 279 g/mol. The fourth-order valence-electron chi connectivity index (χ4n) is 3.02. The van der Waals surface area contributed by atoms with E-state index in [1.54, 1.807) is 0 Å². The summed E-state index contributed by atoms with van der Waals surface area (Å²) in [7, 11) is 0. The van der Waals surface area contributed by atoms with E-state index < -0.39 is 34.8 Å². The van der Waals surface area contributed by atoms with Gasteiger partial charge in [0.15, 0.2) is 23.3 Å². The van der Waals surface area contributed by atoms with Gasteiger partial charge < -0.3 is 10.2 Å². The summed E-state index contributed by atoms with van der Waals surface area (Å²) in [6.07, 6.45) is 2.45. The maximum atomic E-state index is 13.8. The average molecular weight is 292 g/mol. The van der Waals surface area contributed by atoms with Crippen molar-refractivity contribution in [3.8, 4) is 0 Å². The second-order valence-corrected chi connectivity index (χ2v) is 5.29. The van der Waals surface area contributed by atoms with E-state index in [1.807, 2.05) is 0 Å². The first kappa shape index (κ1) is 13.6. The number of hydrogen-bond donors (Lipinski definition) is 1. The Labute approximate surface area is 112 Å². The summed E-state index contributed by atoms with van der Waals surface area (Å²) < 4.78 is 67.1. The Kier molecular flexibility index (Phi) is 3.32. The van der Waals surface area contributed by atoms with Gasteiger partial charge in [-0.05, 0) is 19.3 Å². The molecule has 2 nitrogen and oxygen atoms in total. The number of nitrogens with one attached hydrogen (secondary N) is 1.